The van der Waals surface area contributed by atoms with Crippen molar-refractivity contribution in [2.75, 3.05) is 11.9 Å². The molecule has 4 N–H and O–H groups in total. The van der Waals surface area contributed by atoms with Gasteiger partial charge in [-0.2, -0.15) is 0 Å². The van der Waals surface area contributed by atoms with Gasteiger partial charge in [-0.15, -0.1) is 11.3 Å². The van der Waals surface area contributed by atoms with Crippen molar-refractivity contribution in [3.63, 3.8) is 0 Å². The molecule has 1 unspecified atom stereocenters. The van der Waals surface area contributed by atoms with Crippen molar-refractivity contribution >= 4 is 28.3 Å². The molecule has 1 atom stereocenters. The summed E-state index contributed by atoms with van der Waals surface area (Å²) in [6.07, 6.45) is 0.171. The molecule has 0 aromatic carbocycles. The van der Waals surface area contributed by atoms with Crippen LogP contribution in [-0.4, -0.2) is 28.9 Å². The third kappa shape index (κ3) is 5.58. The summed E-state index contributed by atoms with van der Waals surface area (Å²) in [7, 11) is 0. The lowest BCUT2D eigenvalue weighted by Gasteiger charge is -2.33. The Morgan fingerprint density at radius 2 is 1.91 bits per heavy atom. The van der Waals surface area contributed by atoms with Crippen LogP contribution in [0.4, 0.5) is 5.13 Å². The Kier molecular flexibility index (Phi) is 6.30. The minimum atomic E-state index is -0.483. The third-order valence-electron chi connectivity index (χ3n) is 3.92. The van der Waals surface area contributed by atoms with Crippen molar-refractivity contribution in [3.8, 4) is 0 Å². The number of nitrogens with two attached hydrogens (primary N) is 1. The van der Waals surface area contributed by atoms with Crippen LogP contribution in [0.3, 0.4) is 0 Å². The van der Waals surface area contributed by atoms with E-state index in [0.29, 0.717) is 17.4 Å². The van der Waals surface area contributed by atoms with Crippen LogP contribution in [0.2, 0.25) is 0 Å². The molecule has 1 heterocycles. The maximum absolute atomic E-state index is 12.2. The lowest BCUT2D eigenvalue weighted by atomic mass is 9.88. The summed E-state index contributed by atoms with van der Waals surface area (Å²) in [5.74, 6) is 0.0116. The van der Waals surface area contributed by atoms with E-state index >= 15 is 0 Å². The highest BCUT2D eigenvalue weighted by molar-refractivity contribution is 7.13. The van der Waals surface area contributed by atoms with Crippen LogP contribution >= 0.6 is 11.3 Å². The SMILES string of the molecule is CC(C)C(C)(CN)NC(=O)Cc1csc(NC(=O)C(C)(C)C)n1. The lowest BCUT2D eigenvalue weighted by Crippen LogP contribution is -2.55. The number of nitrogens with one attached hydrogen (secondary N) is 2. The highest BCUT2D eigenvalue weighted by atomic mass is 32.1. The monoisotopic (exact) mass is 340 g/mol. The zero-order valence-electron chi connectivity index (χ0n) is 14.8. The maximum atomic E-state index is 12.2. The first-order valence-electron chi connectivity index (χ1n) is 7.75. The molecule has 0 saturated carbocycles. The van der Waals surface area contributed by atoms with Gasteiger partial charge >= 0.3 is 0 Å². The molecule has 2 amide bonds. The molecule has 7 heteroatoms. The second-order valence-electron chi connectivity index (χ2n) is 7.35. The van der Waals surface area contributed by atoms with Gasteiger partial charge in [-0.3, -0.25) is 9.59 Å². The van der Waals surface area contributed by atoms with E-state index in [1.54, 1.807) is 5.38 Å². The van der Waals surface area contributed by atoms with Crippen LogP contribution in [0.15, 0.2) is 5.38 Å². The van der Waals surface area contributed by atoms with Crippen molar-refractivity contribution in [1.82, 2.24) is 10.3 Å². The topological polar surface area (TPSA) is 97.1 Å². The molecule has 23 heavy (non-hydrogen) atoms. The largest absolute Gasteiger partial charge is 0.349 e. The molecule has 1 aromatic heterocycles. The molecule has 0 radical (unpaired) electrons. The first kappa shape index (κ1) is 19.6. The van der Waals surface area contributed by atoms with Crippen LogP contribution in [0, 0.1) is 11.3 Å². The molecule has 0 spiro atoms. The van der Waals surface area contributed by atoms with Gasteiger partial charge in [0.1, 0.15) is 0 Å². The van der Waals surface area contributed by atoms with E-state index in [-0.39, 0.29) is 24.2 Å². The van der Waals surface area contributed by atoms with E-state index in [4.69, 9.17) is 5.73 Å². The normalized spacial score (nSPS) is 14.4. The highest BCUT2D eigenvalue weighted by Crippen LogP contribution is 2.21. The molecule has 0 fully saturated rings. The van der Waals surface area contributed by atoms with E-state index in [1.807, 2.05) is 41.5 Å². The third-order valence-corrected chi connectivity index (χ3v) is 4.72. The van der Waals surface area contributed by atoms with E-state index in [2.05, 4.69) is 15.6 Å². The average Bonchev–Trinajstić information content (AvgIpc) is 2.84. The average molecular weight is 340 g/mol. The van der Waals surface area contributed by atoms with Gasteiger partial charge in [0, 0.05) is 17.3 Å². The van der Waals surface area contributed by atoms with Crippen molar-refractivity contribution < 1.29 is 9.59 Å². The summed E-state index contributed by atoms with van der Waals surface area (Å²) in [5.41, 5.74) is 5.50. The summed E-state index contributed by atoms with van der Waals surface area (Å²) >= 11 is 1.32. The minimum Gasteiger partial charge on any atom is -0.349 e. The van der Waals surface area contributed by atoms with Crippen LogP contribution in [-0.2, 0) is 16.0 Å². The van der Waals surface area contributed by atoms with Crippen LogP contribution in [0.5, 0.6) is 0 Å². The van der Waals surface area contributed by atoms with Crippen molar-refractivity contribution in [3.05, 3.63) is 11.1 Å². The first-order chi connectivity index (χ1) is 10.5. The lowest BCUT2D eigenvalue weighted by molar-refractivity contribution is -0.123. The van der Waals surface area contributed by atoms with Crippen LogP contribution in [0.25, 0.3) is 0 Å². The Balaban J connectivity index is 2.66. The van der Waals surface area contributed by atoms with Gasteiger partial charge in [0.2, 0.25) is 11.8 Å². The number of hydrogen-bond donors (Lipinski definition) is 3. The number of aromatic nitrogens is 1. The molecule has 6 nitrogen and oxygen atoms in total. The van der Waals surface area contributed by atoms with Gasteiger partial charge in [-0.1, -0.05) is 34.6 Å². The van der Waals surface area contributed by atoms with E-state index in [9.17, 15) is 9.59 Å². The summed E-state index contributed by atoms with van der Waals surface area (Å²) in [5, 5.41) is 8.05. The van der Waals surface area contributed by atoms with Crippen molar-refractivity contribution in [2.45, 2.75) is 53.5 Å². The molecule has 1 aromatic rings. The van der Waals surface area contributed by atoms with Gasteiger partial charge in [0.25, 0.3) is 0 Å². The number of nitrogens with zero attached hydrogens (tertiary/aromatic N) is 1. The standard InChI is InChI=1S/C16H28N4O2S/c1-10(2)16(6,9-17)20-12(21)7-11-8-23-14(18-11)19-13(22)15(3,4)5/h8,10H,7,9,17H2,1-6H3,(H,20,21)(H,18,19,22). The second kappa shape index (κ2) is 7.40. The summed E-state index contributed by atoms with van der Waals surface area (Å²) in [4.78, 5) is 28.4. The minimum absolute atomic E-state index is 0.0987. The molecule has 130 valence electrons. The van der Waals surface area contributed by atoms with Crippen molar-refractivity contribution in [1.29, 1.82) is 0 Å². The van der Waals surface area contributed by atoms with Gasteiger partial charge in [-0.05, 0) is 12.8 Å². The summed E-state index contributed by atoms with van der Waals surface area (Å²) in [6, 6.07) is 0. The molecular weight excluding hydrogens is 312 g/mol. The van der Waals surface area contributed by atoms with E-state index < -0.39 is 11.0 Å². The molecular formula is C16H28N4O2S. The molecule has 1 rings (SSSR count). The van der Waals surface area contributed by atoms with E-state index in [0.717, 1.165) is 0 Å². The summed E-state index contributed by atoms with van der Waals surface area (Å²) < 4.78 is 0. The van der Waals surface area contributed by atoms with Crippen LogP contribution < -0.4 is 16.4 Å². The summed E-state index contributed by atoms with van der Waals surface area (Å²) in [6.45, 7) is 11.9. The number of anilines is 1. The van der Waals surface area contributed by atoms with Gasteiger partial charge in [-0.25, -0.2) is 4.98 Å². The quantitative estimate of drug-likeness (QED) is 0.739. The molecule has 0 aliphatic heterocycles. The predicted molar refractivity (Wildman–Crippen MR) is 94.3 cm³/mol. The van der Waals surface area contributed by atoms with E-state index in [1.165, 1.54) is 11.3 Å². The Labute approximate surface area is 142 Å². The fourth-order valence-corrected chi connectivity index (χ4v) is 2.39. The Morgan fingerprint density at radius 3 is 2.39 bits per heavy atom. The number of carbonyl (C=O) groups is 2. The molecule has 0 aliphatic rings. The van der Waals surface area contributed by atoms with Crippen LogP contribution in [0.1, 0.15) is 47.2 Å². The Bertz CT molecular complexity index is 563. The fourth-order valence-electron chi connectivity index (χ4n) is 1.69. The van der Waals surface area contributed by atoms with Gasteiger partial charge in [0.05, 0.1) is 17.7 Å². The second-order valence-corrected chi connectivity index (χ2v) is 8.21. The predicted octanol–water partition coefficient (Wildman–Crippen LogP) is 2.16. The van der Waals surface area contributed by atoms with Gasteiger partial charge < -0.3 is 16.4 Å². The Morgan fingerprint density at radius 1 is 1.30 bits per heavy atom. The maximum Gasteiger partial charge on any atom is 0.231 e. The number of hydrogen-bond acceptors (Lipinski definition) is 5. The molecule has 0 bridgehead atoms. The molecule has 0 saturated heterocycles. The number of thiazole rings is 1. The first-order valence-corrected chi connectivity index (χ1v) is 8.63. The highest BCUT2D eigenvalue weighted by Gasteiger charge is 2.28. The number of rotatable bonds is 6. The zero-order chi connectivity index (χ0) is 17.8. The smallest absolute Gasteiger partial charge is 0.231 e. The fraction of sp³-hybridized carbons (Fsp3) is 0.688. The molecule has 0 aliphatic carbocycles. The van der Waals surface area contributed by atoms with Crippen molar-refractivity contribution in [2.24, 2.45) is 17.1 Å². The van der Waals surface area contributed by atoms with Gasteiger partial charge in [0.15, 0.2) is 5.13 Å². The Hall–Kier alpha value is -1.47. The number of amides is 2. The number of carbonyl (C=O) groups excluding carboxylic acids is 2. The zero-order valence-corrected chi connectivity index (χ0v) is 15.6.